The second-order valence-electron chi connectivity index (χ2n) is 2.23. The summed E-state index contributed by atoms with van der Waals surface area (Å²) in [4.78, 5) is 11.6. The third kappa shape index (κ3) is 3.76. The van der Waals surface area contributed by atoms with Crippen LogP contribution >= 0.6 is 22.9 Å². The Kier molecular flexibility index (Phi) is 4.42. The van der Waals surface area contributed by atoms with Crippen LogP contribution in [0.25, 0.3) is 0 Å². The molecule has 0 unspecified atom stereocenters. The van der Waals surface area contributed by atoms with E-state index in [1.807, 2.05) is 6.07 Å². The van der Waals surface area contributed by atoms with Crippen LogP contribution in [0.15, 0.2) is 17.2 Å². The van der Waals surface area contributed by atoms with Gasteiger partial charge in [0.05, 0.1) is 17.2 Å². The van der Waals surface area contributed by atoms with E-state index >= 15 is 0 Å². The number of hydrazone groups is 1. The summed E-state index contributed by atoms with van der Waals surface area (Å²) in [6.45, 7) is 2.05. The predicted octanol–water partition coefficient (Wildman–Crippen LogP) is 2.48. The van der Waals surface area contributed by atoms with Crippen LogP contribution in [0, 0.1) is 0 Å². The maximum Gasteiger partial charge on any atom is 0.427 e. The van der Waals surface area contributed by atoms with Gasteiger partial charge in [-0.2, -0.15) is 5.10 Å². The average molecular weight is 233 g/mol. The molecule has 0 aliphatic rings. The maximum atomic E-state index is 10.8. The number of carbonyl (C=O) groups is 1. The van der Waals surface area contributed by atoms with Gasteiger partial charge in [-0.25, -0.2) is 10.2 Å². The summed E-state index contributed by atoms with van der Waals surface area (Å²) in [5.74, 6) is 0. The molecule has 0 bridgehead atoms. The molecule has 6 heteroatoms. The van der Waals surface area contributed by atoms with Crippen molar-refractivity contribution in [1.29, 1.82) is 0 Å². The molecule has 0 spiro atoms. The Morgan fingerprint density at radius 1 is 1.79 bits per heavy atom. The van der Waals surface area contributed by atoms with E-state index in [2.05, 4.69) is 15.3 Å². The predicted molar refractivity (Wildman–Crippen MR) is 57.1 cm³/mol. The third-order valence-corrected chi connectivity index (χ3v) is 2.38. The molecule has 1 rings (SSSR count). The van der Waals surface area contributed by atoms with E-state index in [1.165, 1.54) is 17.6 Å². The molecular formula is C8H9ClN2O2S. The number of thiophene rings is 1. The number of ether oxygens (including phenoxy) is 1. The first-order chi connectivity index (χ1) is 6.72. The summed E-state index contributed by atoms with van der Waals surface area (Å²) >= 11 is 7.07. The van der Waals surface area contributed by atoms with E-state index in [0.717, 1.165) is 4.88 Å². The van der Waals surface area contributed by atoms with Crippen molar-refractivity contribution in [1.82, 2.24) is 5.43 Å². The molecule has 14 heavy (non-hydrogen) atoms. The monoisotopic (exact) mass is 232 g/mol. The molecule has 1 aromatic heterocycles. The molecule has 0 radical (unpaired) electrons. The standard InChI is InChI=1S/C8H9ClN2O2S/c1-2-13-8(12)11-10-5-6-3-4-7(9)14-6/h3-5H,2H2,1H3,(H,11,12)/b10-5-. The van der Waals surface area contributed by atoms with Crippen LogP contribution in [0.5, 0.6) is 0 Å². The van der Waals surface area contributed by atoms with Crippen molar-refractivity contribution in [2.45, 2.75) is 6.92 Å². The molecule has 0 atom stereocenters. The van der Waals surface area contributed by atoms with Gasteiger partial charge in [-0.3, -0.25) is 0 Å². The topological polar surface area (TPSA) is 50.7 Å². The highest BCUT2D eigenvalue weighted by Crippen LogP contribution is 2.19. The molecule has 1 aromatic rings. The van der Waals surface area contributed by atoms with Gasteiger partial charge in [0, 0.05) is 4.88 Å². The minimum Gasteiger partial charge on any atom is -0.449 e. The summed E-state index contributed by atoms with van der Waals surface area (Å²) in [6, 6.07) is 3.57. The summed E-state index contributed by atoms with van der Waals surface area (Å²) in [5, 5.41) is 3.68. The van der Waals surface area contributed by atoms with Crippen molar-refractivity contribution in [3.8, 4) is 0 Å². The first kappa shape index (κ1) is 11.0. The molecule has 0 aliphatic heterocycles. The van der Waals surface area contributed by atoms with Gasteiger partial charge in [0.15, 0.2) is 0 Å². The van der Waals surface area contributed by atoms with Gasteiger partial charge in [-0.1, -0.05) is 11.6 Å². The van der Waals surface area contributed by atoms with Gasteiger partial charge < -0.3 is 4.74 Å². The summed E-state index contributed by atoms with van der Waals surface area (Å²) in [5.41, 5.74) is 2.21. The zero-order valence-electron chi connectivity index (χ0n) is 7.49. The van der Waals surface area contributed by atoms with Crippen LogP contribution < -0.4 is 5.43 Å². The Hall–Kier alpha value is -1.07. The van der Waals surface area contributed by atoms with Crippen molar-refractivity contribution < 1.29 is 9.53 Å². The second kappa shape index (κ2) is 5.62. The fourth-order valence-corrected chi connectivity index (χ4v) is 1.64. The molecule has 0 aliphatic carbocycles. The first-order valence-corrected chi connectivity index (χ1v) is 5.13. The highest BCUT2D eigenvalue weighted by molar-refractivity contribution is 7.17. The molecule has 0 fully saturated rings. The second-order valence-corrected chi connectivity index (χ2v) is 3.98. The van der Waals surface area contributed by atoms with Crippen LogP contribution in [-0.4, -0.2) is 18.9 Å². The minimum atomic E-state index is -0.564. The Morgan fingerprint density at radius 3 is 3.14 bits per heavy atom. The van der Waals surface area contributed by atoms with Crippen molar-refractivity contribution in [2.75, 3.05) is 6.61 Å². The van der Waals surface area contributed by atoms with Gasteiger partial charge in [-0.05, 0) is 19.1 Å². The molecule has 1 N–H and O–H groups in total. The Balaban J connectivity index is 2.37. The first-order valence-electron chi connectivity index (χ1n) is 3.93. The molecule has 1 heterocycles. The SMILES string of the molecule is CCOC(=O)N/N=C\c1ccc(Cl)s1. The van der Waals surface area contributed by atoms with Crippen LogP contribution in [-0.2, 0) is 4.74 Å². The van der Waals surface area contributed by atoms with Gasteiger partial charge in [0.2, 0.25) is 0 Å². The summed E-state index contributed by atoms with van der Waals surface area (Å²) in [7, 11) is 0. The Labute approximate surface area is 90.5 Å². The molecule has 76 valence electrons. The summed E-state index contributed by atoms with van der Waals surface area (Å²) in [6.07, 6.45) is 0.944. The number of hydrogen-bond acceptors (Lipinski definition) is 4. The van der Waals surface area contributed by atoms with E-state index in [1.54, 1.807) is 13.0 Å². The van der Waals surface area contributed by atoms with E-state index in [-0.39, 0.29) is 0 Å². The fourth-order valence-electron chi connectivity index (χ4n) is 0.710. The highest BCUT2D eigenvalue weighted by atomic mass is 35.5. The third-order valence-electron chi connectivity index (χ3n) is 1.22. The molecule has 0 saturated carbocycles. The molecular weight excluding hydrogens is 224 g/mol. The number of nitrogens with zero attached hydrogens (tertiary/aromatic N) is 1. The fraction of sp³-hybridized carbons (Fsp3) is 0.250. The van der Waals surface area contributed by atoms with Crippen molar-refractivity contribution in [2.24, 2.45) is 5.10 Å². The largest absolute Gasteiger partial charge is 0.449 e. The zero-order chi connectivity index (χ0) is 10.4. The van der Waals surface area contributed by atoms with Crippen molar-refractivity contribution >= 4 is 35.2 Å². The lowest BCUT2D eigenvalue weighted by atomic mass is 10.5. The van der Waals surface area contributed by atoms with Gasteiger partial charge in [0.1, 0.15) is 0 Å². The van der Waals surface area contributed by atoms with Crippen LogP contribution in [0.2, 0.25) is 4.34 Å². The molecule has 1 amide bonds. The number of carbonyl (C=O) groups excluding carboxylic acids is 1. The van der Waals surface area contributed by atoms with Crippen molar-refractivity contribution in [3.63, 3.8) is 0 Å². The zero-order valence-corrected chi connectivity index (χ0v) is 9.06. The molecule has 0 saturated heterocycles. The lowest BCUT2D eigenvalue weighted by Crippen LogP contribution is -2.18. The van der Waals surface area contributed by atoms with Gasteiger partial charge >= 0.3 is 6.09 Å². The lowest BCUT2D eigenvalue weighted by Gasteiger charge is -1.97. The van der Waals surface area contributed by atoms with Gasteiger partial charge in [-0.15, -0.1) is 11.3 Å². The van der Waals surface area contributed by atoms with Gasteiger partial charge in [0.25, 0.3) is 0 Å². The Bertz CT molecular complexity index is 338. The average Bonchev–Trinajstić information content (AvgIpc) is 2.52. The number of hydrogen-bond donors (Lipinski definition) is 1. The van der Waals surface area contributed by atoms with Crippen LogP contribution in [0.1, 0.15) is 11.8 Å². The smallest absolute Gasteiger partial charge is 0.427 e. The van der Waals surface area contributed by atoms with Crippen molar-refractivity contribution in [3.05, 3.63) is 21.3 Å². The highest BCUT2D eigenvalue weighted by Gasteiger charge is 1.96. The lowest BCUT2D eigenvalue weighted by molar-refractivity contribution is 0.152. The molecule has 4 nitrogen and oxygen atoms in total. The molecule has 0 aromatic carbocycles. The number of amides is 1. The maximum absolute atomic E-state index is 10.8. The van der Waals surface area contributed by atoms with Crippen LogP contribution in [0.4, 0.5) is 4.79 Å². The minimum absolute atomic E-state index is 0.326. The van der Waals surface area contributed by atoms with E-state index in [0.29, 0.717) is 10.9 Å². The van der Waals surface area contributed by atoms with E-state index in [9.17, 15) is 4.79 Å². The normalized spacial score (nSPS) is 10.4. The van der Waals surface area contributed by atoms with E-state index < -0.39 is 6.09 Å². The quantitative estimate of drug-likeness (QED) is 0.643. The van der Waals surface area contributed by atoms with Crippen LogP contribution in [0.3, 0.4) is 0 Å². The Morgan fingerprint density at radius 2 is 2.57 bits per heavy atom. The number of rotatable bonds is 3. The summed E-state index contributed by atoms with van der Waals surface area (Å²) < 4.78 is 5.28. The van der Waals surface area contributed by atoms with E-state index in [4.69, 9.17) is 11.6 Å². The number of halogens is 1. The number of nitrogens with one attached hydrogen (secondary N) is 1.